The maximum absolute atomic E-state index is 12.3. The molecule has 6 heteroatoms. The predicted molar refractivity (Wildman–Crippen MR) is 101 cm³/mol. The topological polar surface area (TPSA) is 75.5 Å². The minimum Gasteiger partial charge on any atom is -0.322 e. The Morgan fingerprint density at radius 1 is 1.27 bits per heavy atom. The largest absolute Gasteiger partial charge is 0.322 e. The zero-order valence-electron chi connectivity index (χ0n) is 14.9. The van der Waals surface area contributed by atoms with Gasteiger partial charge in [0.2, 0.25) is 0 Å². The minimum absolute atomic E-state index is 0.0473. The van der Waals surface area contributed by atoms with Crippen LogP contribution in [-0.4, -0.2) is 28.8 Å². The predicted octanol–water partition coefficient (Wildman–Crippen LogP) is 4.08. The number of amides is 1. The van der Waals surface area contributed by atoms with E-state index in [0.717, 1.165) is 25.6 Å². The Labute approximate surface area is 153 Å². The number of likely N-dealkylation sites (tertiary alicyclic amines) is 1. The summed E-state index contributed by atoms with van der Waals surface area (Å²) in [5.41, 5.74) is 2.09. The number of rotatable bonds is 5. The number of non-ortho nitro benzene ring substituents is 1. The van der Waals surface area contributed by atoms with Gasteiger partial charge in [-0.1, -0.05) is 25.1 Å². The van der Waals surface area contributed by atoms with E-state index in [4.69, 9.17) is 0 Å². The van der Waals surface area contributed by atoms with Gasteiger partial charge in [0.25, 0.3) is 11.6 Å². The summed E-state index contributed by atoms with van der Waals surface area (Å²) >= 11 is 0. The number of nitrogens with one attached hydrogen (secondary N) is 1. The van der Waals surface area contributed by atoms with Crippen LogP contribution in [0.15, 0.2) is 48.5 Å². The van der Waals surface area contributed by atoms with Crippen molar-refractivity contribution in [3.8, 4) is 0 Å². The fourth-order valence-corrected chi connectivity index (χ4v) is 3.35. The van der Waals surface area contributed by atoms with Crippen molar-refractivity contribution in [2.45, 2.75) is 26.3 Å². The lowest BCUT2D eigenvalue weighted by atomic mass is 9.99. The van der Waals surface area contributed by atoms with Crippen molar-refractivity contribution in [3.05, 3.63) is 69.8 Å². The lowest BCUT2D eigenvalue weighted by Crippen LogP contribution is -2.33. The Morgan fingerprint density at radius 3 is 2.73 bits per heavy atom. The molecule has 1 aliphatic rings. The van der Waals surface area contributed by atoms with E-state index >= 15 is 0 Å². The van der Waals surface area contributed by atoms with Crippen molar-refractivity contribution in [3.63, 3.8) is 0 Å². The first kappa shape index (κ1) is 18.1. The van der Waals surface area contributed by atoms with Gasteiger partial charge in [-0.2, -0.15) is 0 Å². The molecule has 0 spiro atoms. The molecule has 2 aromatic carbocycles. The van der Waals surface area contributed by atoms with Gasteiger partial charge in [-0.15, -0.1) is 0 Å². The van der Waals surface area contributed by atoms with E-state index < -0.39 is 4.92 Å². The van der Waals surface area contributed by atoms with Crippen LogP contribution in [0.4, 0.5) is 11.4 Å². The molecule has 0 bridgehead atoms. The lowest BCUT2D eigenvalue weighted by Gasteiger charge is -2.30. The van der Waals surface area contributed by atoms with E-state index in [1.54, 1.807) is 24.3 Å². The molecule has 1 unspecified atom stereocenters. The second-order valence-electron chi connectivity index (χ2n) is 6.94. The third kappa shape index (κ3) is 4.67. The minimum atomic E-state index is -0.480. The Balaban J connectivity index is 1.61. The van der Waals surface area contributed by atoms with Gasteiger partial charge in [0.05, 0.1) is 4.92 Å². The van der Waals surface area contributed by atoms with Crippen LogP contribution in [0, 0.1) is 16.0 Å². The van der Waals surface area contributed by atoms with E-state index in [-0.39, 0.29) is 11.6 Å². The van der Waals surface area contributed by atoms with Crippen molar-refractivity contribution in [1.82, 2.24) is 4.90 Å². The molecular formula is C20H23N3O3. The molecule has 1 N–H and O–H groups in total. The van der Waals surface area contributed by atoms with Crippen molar-refractivity contribution < 1.29 is 9.72 Å². The molecule has 1 saturated heterocycles. The average Bonchev–Trinajstić information content (AvgIpc) is 2.62. The first-order valence-electron chi connectivity index (χ1n) is 8.88. The van der Waals surface area contributed by atoms with Crippen LogP contribution in [0.25, 0.3) is 0 Å². The molecule has 3 rings (SSSR count). The number of nitrogens with zero attached hydrogens (tertiary/aromatic N) is 2. The van der Waals surface area contributed by atoms with Crippen LogP contribution in [0.5, 0.6) is 0 Å². The average molecular weight is 353 g/mol. The van der Waals surface area contributed by atoms with E-state index in [1.165, 1.54) is 30.5 Å². The highest BCUT2D eigenvalue weighted by molar-refractivity contribution is 6.04. The number of anilines is 1. The molecule has 2 aromatic rings. The molecule has 1 fully saturated rings. The fraction of sp³-hybridized carbons (Fsp3) is 0.350. The van der Waals surface area contributed by atoms with Crippen LogP contribution in [-0.2, 0) is 6.54 Å². The van der Waals surface area contributed by atoms with Gasteiger partial charge >= 0.3 is 0 Å². The van der Waals surface area contributed by atoms with E-state index in [0.29, 0.717) is 11.3 Å². The zero-order valence-corrected chi connectivity index (χ0v) is 14.9. The van der Waals surface area contributed by atoms with Gasteiger partial charge in [0, 0.05) is 36.5 Å². The number of carbonyl (C=O) groups is 1. The molecule has 1 atom stereocenters. The Morgan fingerprint density at radius 2 is 2.04 bits per heavy atom. The van der Waals surface area contributed by atoms with Gasteiger partial charge in [-0.25, -0.2) is 0 Å². The normalized spacial score (nSPS) is 17.7. The highest BCUT2D eigenvalue weighted by atomic mass is 16.6. The molecule has 0 aliphatic carbocycles. The molecule has 1 amide bonds. The summed E-state index contributed by atoms with van der Waals surface area (Å²) in [6, 6.07) is 13.5. The molecule has 26 heavy (non-hydrogen) atoms. The number of hydrogen-bond acceptors (Lipinski definition) is 4. The van der Waals surface area contributed by atoms with Crippen LogP contribution >= 0.6 is 0 Å². The van der Waals surface area contributed by atoms with Crippen LogP contribution in [0.3, 0.4) is 0 Å². The summed E-state index contributed by atoms with van der Waals surface area (Å²) in [6.45, 7) is 5.43. The monoisotopic (exact) mass is 353 g/mol. The van der Waals surface area contributed by atoms with E-state index in [1.807, 2.05) is 12.1 Å². The highest BCUT2D eigenvalue weighted by Crippen LogP contribution is 2.19. The lowest BCUT2D eigenvalue weighted by molar-refractivity contribution is -0.384. The van der Waals surface area contributed by atoms with Gasteiger partial charge in [0.1, 0.15) is 0 Å². The number of piperidine rings is 1. The van der Waals surface area contributed by atoms with E-state index in [2.05, 4.69) is 17.1 Å². The zero-order chi connectivity index (χ0) is 18.5. The molecule has 1 aliphatic heterocycles. The summed E-state index contributed by atoms with van der Waals surface area (Å²) in [7, 11) is 0. The summed E-state index contributed by atoms with van der Waals surface area (Å²) in [6.07, 6.45) is 2.54. The molecule has 0 radical (unpaired) electrons. The second kappa shape index (κ2) is 8.10. The third-order valence-corrected chi connectivity index (χ3v) is 4.68. The fourth-order valence-electron chi connectivity index (χ4n) is 3.35. The quantitative estimate of drug-likeness (QED) is 0.649. The first-order valence-corrected chi connectivity index (χ1v) is 8.88. The van der Waals surface area contributed by atoms with Crippen molar-refractivity contribution in [2.24, 2.45) is 5.92 Å². The summed E-state index contributed by atoms with van der Waals surface area (Å²) in [5.74, 6) is 0.465. The van der Waals surface area contributed by atoms with Crippen molar-refractivity contribution in [2.75, 3.05) is 18.4 Å². The smallest absolute Gasteiger partial charge is 0.271 e. The number of benzene rings is 2. The van der Waals surface area contributed by atoms with E-state index in [9.17, 15) is 14.9 Å². The Bertz CT molecular complexity index is 789. The Kier molecular flexibility index (Phi) is 5.63. The molecule has 0 aromatic heterocycles. The standard InChI is InChI=1S/C20H23N3O3/c1-15-4-3-11-22(13-15)14-16-7-9-17(10-8-16)20(24)21-18-5-2-6-19(12-18)23(25)26/h2,5-10,12,15H,3-4,11,13-14H2,1H3,(H,21,24). The first-order chi connectivity index (χ1) is 12.5. The van der Waals surface area contributed by atoms with Gasteiger partial charge in [-0.3, -0.25) is 19.8 Å². The van der Waals surface area contributed by atoms with Crippen LogP contribution < -0.4 is 5.32 Å². The van der Waals surface area contributed by atoms with Gasteiger partial charge in [0.15, 0.2) is 0 Å². The number of hydrogen-bond donors (Lipinski definition) is 1. The van der Waals surface area contributed by atoms with Gasteiger partial charge < -0.3 is 5.32 Å². The SMILES string of the molecule is CC1CCCN(Cc2ccc(C(=O)Nc3cccc([N+](=O)[O-])c3)cc2)C1. The molecule has 0 saturated carbocycles. The highest BCUT2D eigenvalue weighted by Gasteiger charge is 2.16. The van der Waals surface area contributed by atoms with Crippen LogP contribution in [0.1, 0.15) is 35.7 Å². The molecule has 136 valence electrons. The molecule has 1 heterocycles. The summed E-state index contributed by atoms with van der Waals surface area (Å²) in [4.78, 5) is 25.1. The molecular weight excluding hydrogens is 330 g/mol. The summed E-state index contributed by atoms with van der Waals surface area (Å²) < 4.78 is 0. The Hall–Kier alpha value is -2.73. The maximum atomic E-state index is 12.3. The van der Waals surface area contributed by atoms with Crippen molar-refractivity contribution >= 4 is 17.3 Å². The molecule has 6 nitrogen and oxygen atoms in total. The second-order valence-corrected chi connectivity index (χ2v) is 6.94. The number of carbonyl (C=O) groups excluding carboxylic acids is 1. The van der Waals surface area contributed by atoms with Crippen molar-refractivity contribution in [1.29, 1.82) is 0 Å². The van der Waals surface area contributed by atoms with Crippen LogP contribution in [0.2, 0.25) is 0 Å². The maximum Gasteiger partial charge on any atom is 0.271 e. The summed E-state index contributed by atoms with van der Waals surface area (Å²) in [5, 5.41) is 13.5. The van der Waals surface area contributed by atoms with Gasteiger partial charge in [-0.05, 0) is 49.1 Å². The third-order valence-electron chi connectivity index (χ3n) is 4.68. The number of nitro groups is 1. The number of nitro benzene ring substituents is 1.